The van der Waals surface area contributed by atoms with Crippen LogP contribution in [0.15, 0.2) is 24.3 Å². The lowest BCUT2D eigenvalue weighted by Gasteiger charge is -2.13. The van der Waals surface area contributed by atoms with Crippen molar-refractivity contribution in [2.45, 2.75) is 32.0 Å². The molecule has 0 spiro atoms. The van der Waals surface area contributed by atoms with Gasteiger partial charge in [-0.1, -0.05) is 25.0 Å². The molecule has 1 aromatic rings. The molecule has 0 saturated carbocycles. The monoisotopic (exact) mass is 294 g/mol. The van der Waals surface area contributed by atoms with E-state index in [1.165, 1.54) is 18.2 Å². The zero-order valence-electron chi connectivity index (χ0n) is 10.4. The van der Waals surface area contributed by atoms with Crippen LogP contribution in [0.5, 0.6) is 11.5 Å². The smallest absolute Gasteiger partial charge is 0.490 e. The van der Waals surface area contributed by atoms with E-state index in [-0.39, 0.29) is 11.5 Å². The summed E-state index contributed by atoms with van der Waals surface area (Å²) >= 11 is 4.10. The van der Waals surface area contributed by atoms with Gasteiger partial charge in [0.05, 0.1) is 6.61 Å². The highest BCUT2D eigenvalue weighted by molar-refractivity contribution is 7.80. The quantitative estimate of drug-likeness (QED) is 0.564. The Kier molecular flexibility index (Phi) is 6.91. The number of hydrogen-bond acceptors (Lipinski definition) is 3. The Bertz CT molecular complexity index is 369. The maximum atomic E-state index is 12.2. The first-order chi connectivity index (χ1) is 9.03. The van der Waals surface area contributed by atoms with Gasteiger partial charge in [0.25, 0.3) is 0 Å². The van der Waals surface area contributed by atoms with E-state index >= 15 is 0 Å². The van der Waals surface area contributed by atoms with E-state index in [1.54, 1.807) is 6.07 Å². The number of benzene rings is 1. The van der Waals surface area contributed by atoms with Crippen LogP contribution in [0.3, 0.4) is 0 Å². The summed E-state index contributed by atoms with van der Waals surface area (Å²) in [5.41, 5.74) is 0. The summed E-state index contributed by atoms with van der Waals surface area (Å²) in [5.74, 6) is 0.669. The molecule has 2 nitrogen and oxygen atoms in total. The molecule has 0 amide bonds. The molecule has 0 bridgehead atoms. The van der Waals surface area contributed by atoms with Crippen LogP contribution in [0.1, 0.15) is 25.7 Å². The van der Waals surface area contributed by atoms with Crippen LogP contribution in [0, 0.1) is 0 Å². The van der Waals surface area contributed by atoms with Crippen molar-refractivity contribution >= 4 is 12.6 Å². The summed E-state index contributed by atoms with van der Waals surface area (Å²) < 4.78 is 45.7. The highest BCUT2D eigenvalue weighted by Crippen LogP contribution is 2.31. The molecule has 0 unspecified atom stereocenters. The average molecular weight is 294 g/mol. The van der Waals surface area contributed by atoms with Crippen LogP contribution in [-0.4, -0.2) is 18.7 Å². The molecule has 0 N–H and O–H groups in total. The number of hydrogen-bond donors (Lipinski definition) is 1. The molecule has 0 aromatic heterocycles. The van der Waals surface area contributed by atoms with Crippen molar-refractivity contribution in [1.29, 1.82) is 0 Å². The van der Waals surface area contributed by atoms with Gasteiger partial charge in [0.15, 0.2) is 11.5 Å². The molecule has 0 radical (unpaired) electrons. The maximum Gasteiger partial charge on any atom is 0.573 e. The summed E-state index contributed by atoms with van der Waals surface area (Å²) in [6.45, 7) is 0.380. The molecule has 19 heavy (non-hydrogen) atoms. The van der Waals surface area contributed by atoms with E-state index in [9.17, 15) is 13.2 Å². The lowest BCUT2D eigenvalue weighted by atomic mass is 10.2. The molecule has 108 valence electrons. The fourth-order valence-corrected chi connectivity index (χ4v) is 1.75. The minimum absolute atomic E-state index is 0.119. The van der Waals surface area contributed by atoms with Gasteiger partial charge in [-0.05, 0) is 30.7 Å². The van der Waals surface area contributed by atoms with Gasteiger partial charge in [-0.2, -0.15) is 12.6 Å². The van der Waals surface area contributed by atoms with Gasteiger partial charge in [0, 0.05) is 0 Å². The van der Waals surface area contributed by atoms with Gasteiger partial charge in [-0.15, -0.1) is 13.2 Å². The summed E-state index contributed by atoms with van der Waals surface area (Å²) in [4.78, 5) is 0. The second-order valence-electron chi connectivity index (χ2n) is 3.98. The summed E-state index contributed by atoms with van der Waals surface area (Å²) in [5, 5.41) is 0. The predicted molar refractivity (Wildman–Crippen MR) is 70.9 cm³/mol. The van der Waals surface area contributed by atoms with Gasteiger partial charge >= 0.3 is 6.36 Å². The second-order valence-corrected chi connectivity index (χ2v) is 4.43. The third-order valence-electron chi connectivity index (χ3n) is 2.38. The molecule has 0 saturated heterocycles. The van der Waals surface area contributed by atoms with Crippen molar-refractivity contribution in [1.82, 2.24) is 0 Å². The van der Waals surface area contributed by atoms with Crippen molar-refractivity contribution < 1.29 is 22.6 Å². The average Bonchev–Trinajstić information content (AvgIpc) is 2.33. The van der Waals surface area contributed by atoms with Crippen LogP contribution in [-0.2, 0) is 0 Å². The molecule has 0 aliphatic heterocycles. The lowest BCUT2D eigenvalue weighted by Crippen LogP contribution is -2.17. The minimum atomic E-state index is -4.70. The highest BCUT2D eigenvalue weighted by Gasteiger charge is 2.32. The Labute approximate surface area is 116 Å². The number of ether oxygens (including phenoxy) is 2. The van der Waals surface area contributed by atoms with E-state index < -0.39 is 6.36 Å². The van der Waals surface area contributed by atoms with E-state index in [2.05, 4.69) is 17.4 Å². The van der Waals surface area contributed by atoms with E-state index in [0.29, 0.717) is 6.61 Å². The van der Waals surface area contributed by atoms with Gasteiger partial charge in [-0.25, -0.2) is 0 Å². The maximum absolute atomic E-state index is 12.2. The number of halogens is 3. The van der Waals surface area contributed by atoms with Crippen molar-refractivity contribution in [2.75, 3.05) is 12.4 Å². The van der Waals surface area contributed by atoms with Gasteiger partial charge in [-0.3, -0.25) is 0 Å². The Hall–Kier alpha value is -1.04. The van der Waals surface area contributed by atoms with Gasteiger partial charge in [0.2, 0.25) is 0 Å². The van der Waals surface area contributed by atoms with Crippen LogP contribution >= 0.6 is 12.6 Å². The largest absolute Gasteiger partial charge is 0.573 e. The molecule has 1 aromatic carbocycles. The highest BCUT2D eigenvalue weighted by atomic mass is 32.1. The molecule has 0 atom stereocenters. The number of unbranched alkanes of at least 4 members (excludes halogenated alkanes) is 3. The Morgan fingerprint density at radius 3 is 2.21 bits per heavy atom. The summed E-state index contributed by atoms with van der Waals surface area (Å²) in [6, 6.07) is 5.79. The van der Waals surface area contributed by atoms with Gasteiger partial charge < -0.3 is 9.47 Å². The molecule has 0 aliphatic rings. The van der Waals surface area contributed by atoms with Gasteiger partial charge in [0.1, 0.15) is 0 Å². The third kappa shape index (κ3) is 7.20. The van der Waals surface area contributed by atoms with Crippen LogP contribution in [0.25, 0.3) is 0 Å². The first-order valence-corrected chi connectivity index (χ1v) is 6.74. The molecule has 1 rings (SSSR count). The molecule has 6 heteroatoms. The zero-order valence-corrected chi connectivity index (χ0v) is 11.3. The minimum Gasteiger partial charge on any atom is -0.490 e. The van der Waals surface area contributed by atoms with Crippen LogP contribution in [0.2, 0.25) is 0 Å². The van der Waals surface area contributed by atoms with Crippen molar-refractivity contribution in [2.24, 2.45) is 0 Å². The van der Waals surface area contributed by atoms with Crippen molar-refractivity contribution in [3.05, 3.63) is 24.3 Å². The molecule has 0 aliphatic carbocycles. The lowest BCUT2D eigenvalue weighted by molar-refractivity contribution is -0.275. The summed E-state index contributed by atoms with van der Waals surface area (Å²) in [7, 11) is 0. The van der Waals surface area contributed by atoms with Crippen molar-refractivity contribution in [3.8, 4) is 11.5 Å². The summed E-state index contributed by atoms with van der Waals surface area (Å²) in [6.07, 6.45) is -0.840. The normalized spacial score (nSPS) is 11.4. The van der Waals surface area contributed by atoms with E-state index in [0.717, 1.165) is 31.4 Å². The number of para-hydroxylation sites is 2. The SMILES string of the molecule is FC(F)(F)Oc1ccccc1OCCCCCCS. The Balaban J connectivity index is 2.40. The molecule has 0 fully saturated rings. The van der Waals surface area contributed by atoms with Crippen molar-refractivity contribution in [3.63, 3.8) is 0 Å². The Morgan fingerprint density at radius 2 is 1.58 bits per heavy atom. The van der Waals surface area contributed by atoms with Crippen LogP contribution < -0.4 is 9.47 Å². The number of rotatable bonds is 8. The standard InChI is InChI=1S/C13H17F3O2S/c14-13(15,16)18-12-8-4-3-7-11(12)17-9-5-1-2-6-10-19/h3-4,7-8,19H,1-2,5-6,9-10H2. The molecule has 0 heterocycles. The number of alkyl halides is 3. The number of thiol groups is 1. The first kappa shape index (κ1) is 16.0. The fourth-order valence-electron chi connectivity index (χ4n) is 1.53. The Morgan fingerprint density at radius 1 is 0.947 bits per heavy atom. The molecular weight excluding hydrogens is 277 g/mol. The molecular formula is C13H17F3O2S. The van der Waals surface area contributed by atoms with Crippen LogP contribution in [0.4, 0.5) is 13.2 Å². The van der Waals surface area contributed by atoms with E-state index in [1.807, 2.05) is 0 Å². The zero-order chi connectivity index (χ0) is 14.1. The van der Waals surface area contributed by atoms with E-state index in [4.69, 9.17) is 4.74 Å². The fraction of sp³-hybridized carbons (Fsp3) is 0.538. The third-order valence-corrected chi connectivity index (χ3v) is 2.70. The topological polar surface area (TPSA) is 18.5 Å². The first-order valence-electron chi connectivity index (χ1n) is 6.11. The second kappa shape index (κ2) is 8.19. The predicted octanol–water partition coefficient (Wildman–Crippen LogP) is 4.45.